The fraction of sp³-hybridized carbons (Fsp3) is 0.500. The van der Waals surface area contributed by atoms with Crippen molar-refractivity contribution in [3.8, 4) is 0 Å². The lowest BCUT2D eigenvalue weighted by molar-refractivity contribution is 0.0897. The first-order valence-electron chi connectivity index (χ1n) is 6.87. The zero-order chi connectivity index (χ0) is 14.3. The van der Waals surface area contributed by atoms with Gasteiger partial charge in [-0.1, -0.05) is 0 Å². The number of carbonyl (C=O) groups excluding carboxylic acids is 1. The first-order chi connectivity index (χ1) is 9.53. The van der Waals surface area contributed by atoms with Crippen LogP contribution in [0.2, 0.25) is 0 Å². The molecule has 1 aliphatic rings. The Kier molecular flexibility index (Phi) is 5.78. The van der Waals surface area contributed by atoms with Crippen molar-refractivity contribution in [3.63, 3.8) is 0 Å². The summed E-state index contributed by atoms with van der Waals surface area (Å²) in [5.74, 6) is 0.364. The first kappa shape index (κ1) is 18.7. The molecule has 1 saturated carbocycles. The van der Waals surface area contributed by atoms with Crippen LogP contribution >= 0.6 is 24.8 Å². The summed E-state index contributed by atoms with van der Waals surface area (Å²) in [5.41, 5.74) is 7.58. The van der Waals surface area contributed by atoms with E-state index in [2.05, 4.69) is 20.5 Å². The maximum atomic E-state index is 12.4. The Morgan fingerprint density at radius 2 is 2.18 bits per heavy atom. The van der Waals surface area contributed by atoms with Crippen molar-refractivity contribution < 1.29 is 4.79 Å². The van der Waals surface area contributed by atoms with Gasteiger partial charge in [0.15, 0.2) is 5.65 Å². The van der Waals surface area contributed by atoms with Crippen LogP contribution in [-0.4, -0.2) is 33.2 Å². The summed E-state index contributed by atoms with van der Waals surface area (Å²) in [6.45, 7) is 4.37. The van der Waals surface area contributed by atoms with Gasteiger partial charge in [0.2, 0.25) is 0 Å². The van der Waals surface area contributed by atoms with Crippen LogP contribution in [0.3, 0.4) is 0 Å². The molecule has 1 fully saturated rings. The molecule has 2 aromatic heterocycles. The van der Waals surface area contributed by atoms with Gasteiger partial charge in [0.1, 0.15) is 0 Å². The number of amides is 1. The number of nitrogens with one attached hydrogen (secondary N) is 2. The summed E-state index contributed by atoms with van der Waals surface area (Å²) in [5, 5.41) is 10.9. The fourth-order valence-electron chi connectivity index (χ4n) is 2.52. The minimum atomic E-state index is -0.322. The molecule has 0 aliphatic heterocycles. The number of halogens is 2. The number of aromatic nitrogens is 3. The third-order valence-electron chi connectivity index (χ3n) is 4.16. The van der Waals surface area contributed by atoms with Gasteiger partial charge in [-0.05, 0) is 38.7 Å². The molecule has 0 radical (unpaired) electrons. The zero-order valence-corrected chi connectivity index (χ0v) is 14.2. The van der Waals surface area contributed by atoms with Crippen LogP contribution in [0.1, 0.15) is 35.8 Å². The van der Waals surface area contributed by atoms with Gasteiger partial charge in [-0.2, -0.15) is 5.10 Å². The molecule has 1 amide bonds. The van der Waals surface area contributed by atoms with Crippen LogP contribution in [0.4, 0.5) is 0 Å². The normalized spacial score (nSPS) is 16.3. The van der Waals surface area contributed by atoms with E-state index in [4.69, 9.17) is 5.73 Å². The van der Waals surface area contributed by atoms with Crippen molar-refractivity contribution in [2.24, 2.45) is 11.7 Å². The SMILES string of the molecule is Cc1[nH]nc2ncc(C(=O)NC(C)(CN)C3CC3)cc12.Cl.Cl. The number of aryl methyl sites for hydroxylation is 1. The molecule has 2 heterocycles. The van der Waals surface area contributed by atoms with E-state index >= 15 is 0 Å². The molecular formula is C14H21Cl2N5O. The monoisotopic (exact) mass is 345 g/mol. The van der Waals surface area contributed by atoms with Crippen LogP contribution in [0.15, 0.2) is 12.3 Å². The van der Waals surface area contributed by atoms with Crippen LogP contribution in [0.5, 0.6) is 0 Å². The molecule has 1 unspecified atom stereocenters. The van der Waals surface area contributed by atoms with Gasteiger partial charge in [-0.15, -0.1) is 24.8 Å². The maximum absolute atomic E-state index is 12.4. The average molecular weight is 346 g/mol. The smallest absolute Gasteiger partial charge is 0.253 e. The molecule has 6 nitrogen and oxygen atoms in total. The number of fused-ring (bicyclic) bond motifs is 1. The highest BCUT2D eigenvalue weighted by Gasteiger charge is 2.41. The average Bonchev–Trinajstić information content (AvgIpc) is 3.24. The van der Waals surface area contributed by atoms with Gasteiger partial charge in [-0.25, -0.2) is 4.98 Å². The molecule has 22 heavy (non-hydrogen) atoms. The zero-order valence-electron chi connectivity index (χ0n) is 12.5. The highest BCUT2D eigenvalue weighted by Crippen LogP contribution is 2.39. The number of hydrogen-bond acceptors (Lipinski definition) is 4. The molecule has 122 valence electrons. The van der Waals surface area contributed by atoms with Crippen molar-refractivity contribution in [1.29, 1.82) is 0 Å². The Morgan fingerprint density at radius 1 is 1.50 bits per heavy atom. The molecule has 0 aromatic carbocycles. The van der Waals surface area contributed by atoms with E-state index in [1.54, 1.807) is 6.20 Å². The predicted molar refractivity (Wildman–Crippen MR) is 90.8 cm³/mol. The van der Waals surface area contributed by atoms with E-state index in [-0.39, 0.29) is 36.3 Å². The topological polar surface area (TPSA) is 96.7 Å². The summed E-state index contributed by atoms with van der Waals surface area (Å²) < 4.78 is 0. The minimum Gasteiger partial charge on any atom is -0.345 e. The first-order valence-corrected chi connectivity index (χ1v) is 6.87. The maximum Gasteiger partial charge on any atom is 0.253 e. The summed E-state index contributed by atoms with van der Waals surface area (Å²) in [6.07, 6.45) is 3.82. The number of H-pyrrole nitrogens is 1. The molecule has 3 rings (SSSR count). The van der Waals surface area contributed by atoms with Crippen molar-refractivity contribution in [3.05, 3.63) is 23.5 Å². The number of pyridine rings is 1. The van der Waals surface area contributed by atoms with E-state index in [0.29, 0.717) is 23.7 Å². The number of nitrogens with zero attached hydrogens (tertiary/aromatic N) is 2. The van der Waals surface area contributed by atoms with Crippen LogP contribution in [0, 0.1) is 12.8 Å². The molecule has 4 N–H and O–H groups in total. The standard InChI is InChI=1S/C14H19N5O.2ClH/c1-8-11-5-9(6-16-12(11)19-18-8)13(20)17-14(2,7-15)10-3-4-10;;/h5-6,10H,3-4,7,15H2,1-2H3,(H,17,20)(H,16,18,19);2*1H. The minimum absolute atomic E-state index is 0. The van der Waals surface area contributed by atoms with Gasteiger partial charge in [0, 0.05) is 23.8 Å². The molecule has 2 aromatic rings. The molecule has 0 spiro atoms. The molecule has 1 aliphatic carbocycles. The molecular weight excluding hydrogens is 325 g/mol. The van der Waals surface area contributed by atoms with E-state index in [9.17, 15) is 4.79 Å². The number of aromatic amines is 1. The quantitative estimate of drug-likeness (QED) is 0.788. The van der Waals surface area contributed by atoms with Gasteiger partial charge >= 0.3 is 0 Å². The Hall–Kier alpha value is -1.37. The van der Waals surface area contributed by atoms with E-state index < -0.39 is 0 Å². The van der Waals surface area contributed by atoms with Crippen molar-refractivity contribution in [1.82, 2.24) is 20.5 Å². The lowest BCUT2D eigenvalue weighted by atomic mass is 9.95. The van der Waals surface area contributed by atoms with Crippen LogP contribution in [0.25, 0.3) is 11.0 Å². The fourth-order valence-corrected chi connectivity index (χ4v) is 2.52. The van der Waals surface area contributed by atoms with E-state index in [0.717, 1.165) is 23.9 Å². The summed E-state index contributed by atoms with van der Waals surface area (Å²) in [7, 11) is 0. The second kappa shape index (κ2) is 6.81. The third kappa shape index (κ3) is 3.34. The molecule has 0 bridgehead atoms. The second-order valence-electron chi connectivity index (χ2n) is 5.79. The van der Waals surface area contributed by atoms with E-state index in [1.807, 2.05) is 19.9 Å². The Bertz CT molecular complexity index is 670. The molecule has 8 heteroatoms. The Labute approximate surface area is 141 Å². The second-order valence-corrected chi connectivity index (χ2v) is 5.79. The highest BCUT2D eigenvalue weighted by molar-refractivity contribution is 5.97. The van der Waals surface area contributed by atoms with Crippen LogP contribution in [-0.2, 0) is 0 Å². The highest BCUT2D eigenvalue weighted by atomic mass is 35.5. The van der Waals surface area contributed by atoms with Gasteiger partial charge in [0.25, 0.3) is 5.91 Å². The summed E-state index contributed by atoms with van der Waals surface area (Å²) in [6, 6.07) is 1.82. The number of carbonyl (C=O) groups is 1. The van der Waals surface area contributed by atoms with Gasteiger partial charge < -0.3 is 11.1 Å². The number of hydrogen-bond donors (Lipinski definition) is 3. The molecule has 1 atom stereocenters. The lowest BCUT2D eigenvalue weighted by Gasteiger charge is -2.29. The lowest BCUT2D eigenvalue weighted by Crippen LogP contribution is -2.53. The van der Waals surface area contributed by atoms with Crippen molar-refractivity contribution in [2.45, 2.75) is 32.2 Å². The Morgan fingerprint density at radius 3 is 2.77 bits per heavy atom. The predicted octanol–water partition coefficient (Wildman–Crippen LogP) is 1.97. The van der Waals surface area contributed by atoms with Crippen molar-refractivity contribution in [2.75, 3.05) is 6.54 Å². The third-order valence-corrected chi connectivity index (χ3v) is 4.16. The summed E-state index contributed by atoms with van der Waals surface area (Å²) >= 11 is 0. The number of nitrogens with two attached hydrogens (primary N) is 1. The van der Waals surface area contributed by atoms with Crippen LogP contribution < -0.4 is 11.1 Å². The van der Waals surface area contributed by atoms with Gasteiger partial charge in [0.05, 0.1) is 11.1 Å². The largest absolute Gasteiger partial charge is 0.345 e. The molecule has 0 saturated heterocycles. The Balaban J connectivity index is 0.00000121. The van der Waals surface area contributed by atoms with E-state index in [1.165, 1.54) is 0 Å². The van der Waals surface area contributed by atoms with Gasteiger partial charge in [-0.3, -0.25) is 9.89 Å². The number of rotatable bonds is 4. The van der Waals surface area contributed by atoms with Crippen molar-refractivity contribution >= 4 is 41.8 Å². The summed E-state index contributed by atoms with van der Waals surface area (Å²) in [4.78, 5) is 16.6.